The fourth-order valence-corrected chi connectivity index (χ4v) is 5.18. The Morgan fingerprint density at radius 2 is 1.85 bits per heavy atom. The van der Waals surface area contributed by atoms with Gasteiger partial charge in [0.15, 0.2) is 0 Å². The number of hydrogen-bond donors (Lipinski definition) is 1. The highest BCUT2D eigenvalue weighted by Crippen LogP contribution is 2.24. The molecule has 1 aromatic heterocycles. The third-order valence-electron chi connectivity index (χ3n) is 5.50. The first-order chi connectivity index (χ1) is 15.8. The van der Waals surface area contributed by atoms with Crippen LogP contribution in [0.1, 0.15) is 21.5 Å². The lowest BCUT2D eigenvalue weighted by molar-refractivity contribution is 0.0730. The molecule has 1 saturated heterocycles. The molecule has 1 fully saturated rings. The van der Waals surface area contributed by atoms with Crippen LogP contribution < -0.4 is 5.56 Å². The minimum atomic E-state index is -3.77. The van der Waals surface area contributed by atoms with E-state index in [-0.39, 0.29) is 30.1 Å². The van der Waals surface area contributed by atoms with Crippen molar-refractivity contribution in [3.8, 4) is 6.07 Å². The molecule has 33 heavy (non-hydrogen) atoms. The molecule has 0 unspecified atom stereocenters. The van der Waals surface area contributed by atoms with E-state index in [2.05, 4.69) is 4.98 Å². The van der Waals surface area contributed by atoms with Crippen LogP contribution in [0.3, 0.4) is 0 Å². The van der Waals surface area contributed by atoms with Crippen molar-refractivity contribution in [2.24, 2.45) is 0 Å². The molecule has 0 bridgehead atoms. The molecule has 0 aliphatic carbocycles. The van der Waals surface area contributed by atoms with E-state index in [9.17, 15) is 18.0 Å². The Morgan fingerprint density at radius 3 is 2.52 bits per heavy atom. The Labute approximate surface area is 190 Å². The van der Waals surface area contributed by atoms with Crippen molar-refractivity contribution >= 4 is 26.8 Å². The van der Waals surface area contributed by atoms with Gasteiger partial charge in [-0.25, -0.2) is 8.42 Å². The number of fused-ring (bicyclic) bond motifs is 1. The number of nitrogens with zero attached hydrogens (tertiary/aromatic N) is 3. The molecule has 0 saturated carbocycles. The van der Waals surface area contributed by atoms with Gasteiger partial charge < -0.3 is 14.6 Å². The topological polar surface area (TPSA) is 124 Å². The van der Waals surface area contributed by atoms with Crippen molar-refractivity contribution in [1.29, 1.82) is 5.26 Å². The van der Waals surface area contributed by atoms with Gasteiger partial charge in [-0.05, 0) is 35.9 Å². The van der Waals surface area contributed by atoms with Crippen LogP contribution in [0.15, 0.2) is 58.2 Å². The fraction of sp³-hybridized carbons (Fsp3) is 0.261. The number of nitrogens with one attached hydrogen (secondary N) is 1. The maximum atomic E-state index is 13.2. The molecule has 2 heterocycles. The molecule has 170 valence electrons. The number of aromatic nitrogens is 1. The normalized spacial score (nSPS) is 14.7. The molecular weight excluding hydrogens is 444 g/mol. The Kier molecular flexibility index (Phi) is 6.29. The Hall–Kier alpha value is -3.52. The number of carbonyl (C=O) groups excluding carboxylic acids is 1. The summed E-state index contributed by atoms with van der Waals surface area (Å²) in [4.78, 5) is 29.6. The van der Waals surface area contributed by atoms with Gasteiger partial charge in [0.2, 0.25) is 15.6 Å². The second-order valence-corrected chi connectivity index (χ2v) is 9.68. The molecule has 1 N–H and O–H groups in total. The minimum Gasteiger partial charge on any atom is -0.379 e. The van der Waals surface area contributed by atoms with E-state index in [4.69, 9.17) is 10.00 Å². The fourth-order valence-electron chi connectivity index (χ4n) is 3.74. The zero-order valence-corrected chi connectivity index (χ0v) is 18.8. The number of benzene rings is 2. The second-order valence-electron chi connectivity index (χ2n) is 7.74. The van der Waals surface area contributed by atoms with Gasteiger partial charge in [0.1, 0.15) is 0 Å². The summed E-state index contributed by atoms with van der Waals surface area (Å²) in [6, 6.07) is 14.4. The Bertz CT molecular complexity index is 1400. The molecule has 0 radical (unpaired) electrons. The summed E-state index contributed by atoms with van der Waals surface area (Å²) in [6.45, 7) is 1.41. The number of ether oxygens (including phenoxy) is 1. The van der Waals surface area contributed by atoms with Crippen molar-refractivity contribution in [2.75, 3.05) is 33.4 Å². The lowest BCUT2D eigenvalue weighted by Crippen LogP contribution is -2.40. The first-order valence-electron chi connectivity index (χ1n) is 10.3. The number of H-pyrrole nitrogens is 1. The maximum absolute atomic E-state index is 13.2. The average Bonchev–Trinajstić information content (AvgIpc) is 2.83. The van der Waals surface area contributed by atoms with E-state index in [1.807, 2.05) is 6.07 Å². The summed E-state index contributed by atoms with van der Waals surface area (Å²) in [5, 5.41) is 9.29. The monoisotopic (exact) mass is 466 g/mol. The molecule has 0 spiro atoms. The van der Waals surface area contributed by atoms with Crippen molar-refractivity contribution in [3.05, 3.63) is 75.6 Å². The summed E-state index contributed by atoms with van der Waals surface area (Å²) in [5.41, 5.74) is 1.36. The number of sulfonamides is 1. The third-order valence-corrected chi connectivity index (χ3v) is 7.40. The lowest BCUT2D eigenvalue weighted by Gasteiger charge is -2.26. The molecule has 3 aromatic rings. The number of morpholine rings is 1. The minimum absolute atomic E-state index is 0.0488. The predicted molar refractivity (Wildman–Crippen MR) is 121 cm³/mol. The van der Waals surface area contributed by atoms with Crippen molar-refractivity contribution < 1.29 is 17.9 Å². The summed E-state index contributed by atoms with van der Waals surface area (Å²) in [6.07, 6.45) is 0. The van der Waals surface area contributed by atoms with Crippen molar-refractivity contribution in [3.63, 3.8) is 0 Å². The summed E-state index contributed by atoms with van der Waals surface area (Å²) >= 11 is 0. The quantitative estimate of drug-likeness (QED) is 0.610. The predicted octanol–water partition coefficient (Wildman–Crippen LogP) is 1.69. The zero-order valence-electron chi connectivity index (χ0n) is 17.9. The highest BCUT2D eigenvalue weighted by atomic mass is 32.2. The molecule has 1 aliphatic heterocycles. The van der Waals surface area contributed by atoms with Crippen LogP contribution in [0.25, 0.3) is 10.9 Å². The number of hydrogen-bond acceptors (Lipinski definition) is 6. The van der Waals surface area contributed by atoms with Gasteiger partial charge in [-0.3, -0.25) is 9.59 Å². The van der Waals surface area contributed by atoms with Gasteiger partial charge >= 0.3 is 0 Å². The van der Waals surface area contributed by atoms with Gasteiger partial charge in [-0.1, -0.05) is 12.1 Å². The summed E-state index contributed by atoms with van der Waals surface area (Å²) in [7, 11) is -2.17. The second kappa shape index (κ2) is 9.15. The summed E-state index contributed by atoms with van der Waals surface area (Å²) in [5.74, 6) is -0.420. The van der Waals surface area contributed by atoms with Crippen LogP contribution in [0.4, 0.5) is 0 Å². The van der Waals surface area contributed by atoms with E-state index in [0.717, 1.165) is 5.56 Å². The van der Waals surface area contributed by atoms with Gasteiger partial charge in [-0.2, -0.15) is 9.57 Å². The van der Waals surface area contributed by atoms with Gasteiger partial charge in [0.25, 0.3) is 5.91 Å². The van der Waals surface area contributed by atoms with Crippen LogP contribution in [0.2, 0.25) is 0 Å². The van der Waals surface area contributed by atoms with E-state index in [1.165, 1.54) is 33.5 Å². The van der Waals surface area contributed by atoms with E-state index in [0.29, 0.717) is 29.7 Å². The van der Waals surface area contributed by atoms with Crippen LogP contribution in [0.5, 0.6) is 0 Å². The maximum Gasteiger partial charge on any atom is 0.254 e. The highest BCUT2D eigenvalue weighted by Gasteiger charge is 2.27. The molecular formula is C23H22N4O5S. The SMILES string of the molecule is CN(Cc1ccc(C#N)cc1)C(=O)c1cc(=O)[nH]c2ccc(S(=O)(=O)N3CCOCC3)cc12. The largest absolute Gasteiger partial charge is 0.379 e. The molecule has 0 atom stereocenters. The number of nitriles is 1. The van der Waals surface area contributed by atoms with Crippen molar-refractivity contribution in [1.82, 2.24) is 14.2 Å². The van der Waals surface area contributed by atoms with Gasteiger partial charge in [0.05, 0.1) is 35.3 Å². The van der Waals surface area contributed by atoms with E-state index in [1.54, 1.807) is 31.3 Å². The van der Waals surface area contributed by atoms with E-state index >= 15 is 0 Å². The number of carbonyl (C=O) groups is 1. The van der Waals surface area contributed by atoms with Crippen LogP contribution >= 0.6 is 0 Å². The highest BCUT2D eigenvalue weighted by molar-refractivity contribution is 7.89. The lowest BCUT2D eigenvalue weighted by atomic mass is 10.1. The summed E-state index contributed by atoms with van der Waals surface area (Å²) < 4.78 is 32.8. The molecule has 4 rings (SSSR count). The molecule has 10 heteroatoms. The molecule has 9 nitrogen and oxygen atoms in total. The molecule has 2 aromatic carbocycles. The standard InChI is InChI=1S/C23H22N4O5S/c1-26(15-17-4-2-16(14-24)3-5-17)23(29)20-13-22(28)25-21-7-6-18(12-19(20)21)33(30,31)27-8-10-32-11-9-27/h2-7,12-13H,8-11,15H2,1H3,(H,25,28). The van der Waals surface area contributed by atoms with Gasteiger partial charge in [-0.15, -0.1) is 0 Å². The van der Waals surface area contributed by atoms with Gasteiger partial charge in [0, 0.05) is 43.7 Å². The molecule has 1 aliphatic rings. The first kappa shape index (κ1) is 22.7. The number of aromatic amines is 1. The van der Waals surface area contributed by atoms with Crippen molar-refractivity contribution in [2.45, 2.75) is 11.4 Å². The Morgan fingerprint density at radius 1 is 1.15 bits per heavy atom. The zero-order chi connectivity index (χ0) is 23.6. The number of amides is 1. The number of pyridine rings is 1. The molecule has 1 amide bonds. The smallest absolute Gasteiger partial charge is 0.254 e. The van der Waals surface area contributed by atoms with Crippen LogP contribution in [-0.2, 0) is 21.3 Å². The third kappa shape index (κ3) is 4.66. The van der Waals surface area contributed by atoms with Crippen LogP contribution in [-0.4, -0.2) is 61.9 Å². The van der Waals surface area contributed by atoms with Crippen LogP contribution in [0, 0.1) is 11.3 Å². The average molecular weight is 467 g/mol. The Balaban J connectivity index is 1.70. The number of rotatable bonds is 5. The van der Waals surface area contributed by atoms with E-state index < -0.39 is 21.5 Å². The first-order valence-corrected chi connectivity index (χ1v) is 11.7.